The van der Waals surface area contributed by atoms with Gasteiger partial charge in [0.2, 0.25) is 0 Å². The van der Waals surface area contributed by atoms with Gasteiger partial charge in [-0.15, -0.1) is 0 Å². The number of nitrogens with zero attached hydrogens (tertiary/aromatic N) is 2. The zero-order chi connectivity index (χ0) is 36.4. The Balaban J connectivity index is 1.25. The molecule has 4 aromatic carbocycles. The maximum absolute atomic E-state index is 13.7. The van der Waals surface area contributed by atoms with E-state index in [4.69, 9.17) is 23.2 Å². The summed E-state index contributed by atoms with van der Waals surface area (Å²) >= 11 is 0. The maximum atomic E-state index is 13.7. The minimum absolute atomic E-state index is 0.0771. The first-order chi connectivity index (χ1) is 23.7. The second-order valence-corrected chi connectivity index (χ2v) is 13.2. The lowest BCUT2D eigenvalue weighted by molar-refractivity contribution is -0.0597. The van der Waals surface area contributed by atoms with Gasteiger partial charge >= 0.3 is 26.4 Å². The van der Waals surface area contributed by atoms with Crippen molar-refractivity contribution in [1.82, 2.24) is 0 Å². The van der Waals surface area contributed by atoms with Crippen molar-refractivity contribution in [3.8, 4) is 23.0 Å². The molecule has 0 aliphatic rings. The number of hydrogen-bond donors (Lipinski definition) is 0. The highest BCUT2D eigenvalue weighted by Crippen LogP contribution is 2.26. The molecule has 0 spiro atoms. The summed E-state index contributed by atoms with van der Waals surface area (Å²) < 4.78 is 121. The Morgan fingerprint density at radius 1 is 0.580 bits per heavy atom. The van der Waals surface area contributed by atoms with Gasteiger partial charge < -0.3 is 18.9 Å². The quantitative estimate of drug-likeness (QED) is 0.0724. The van der Waals surface area contributed by atoms with Crippen molar-refractivity contribution in [2.75, 3.05) is 27.4 Å². The van der Waals surface area contributed by atoms with Gasteiger partial charge in [0.25, 0.3) is 0 Å². The van der Waals surface area contributed by atoms with E-state index in [0.29, 0.717) is 34.9 Å². The van der Waals surface area contributed by atoms with Gasteiger partial charge in [0.05, 0.1) is 33.1 Å². The summed E-state index contributed by atoms with van der Waals surface area (Å²) in [6.07, 6.45) is -4.60. The first kappa shape index (κ1) is 37.5. The average molecular weight is 737 g/mol. The molecule has 17 heteroatoms. The number of benzene rings is 4. The molecule has 0 unspecified atom stereocenters. The van der Waals surface area contributed by atoms with E-state index in [0.717, 1.165) is 24.3 Å². The summed E-state index contributed by atoms with van der Waals surface area (Å²) in [4.78, 5) is -0.480. The summed E-state index contributed by atoms with van der Waals surface area (Å²) in [6, 6.07) is 21.9. The van der Waals surface area contributed by atoms with Gasteiger partial charge in [-0.05, 0) is 110 Å². The molecule has 0 heterocycles. The van der Waals surface area contributed by atoms with Crippen molar-refractivity contribution in [3.63, 3.8) is 0 Å². The van der Waals surface area contributed by atoms with Crippen molar-refractivity contribution in [2.45, 2.75) is 29.3 Å². The van der Waals surface area contributed by atoms with Crippen LogP contribution in [0.5, 0.6) is 23.0 Å². The van der Waals surface area contributed by atoms with Crippen LogP contribution in [-0.2, 0) is 28.8 Å². The van der Waals surface area contributed by atoms with Crippen LogP contribution in [0, 0.1) is 0 Å². The molecule has 12 nitrogen and oxygen atoms in total. The monoisotopic (exact) mass is 736 g/mol. The lowest BCUT2D eigenvalue weighted by atomic mass is 10.1. The second kappa shape index (κ2) is 16.4. The normalized spacial score (nSPS) is 12.6. The molecule has 0 saturated heterocycles. The van der Waals surface area contributed by atoms with Crippen molar-refractivity contribution in [1.29, 1.82) is 0 Å². The molecule has 0 radical (unpaired) electrons. The van der Waals surface area contributed by atoms with Gasteiger partial charge in [0, 0.05) is 12.0 Å². The highest BCUT2D eigenvalue weighted by molar-refractivity contribution is 7.87. The second-order valence-electron chi connectivity index (χ2n) is 10.1. The molecular weight excluding hydrogens is 705 g/mol. The van der Waals surface area contributed by atoms with Crippen LogP contribution in [0.3, 0.4) is 0 Å². The molecule has 50 heavy (non-hydrogen) atoms. The van der Waals surface area contributed by atoms with Crippen molar-refractivity contribution >= 4 is 31.7 Å². The Morgan fingerprint density at radius 3 is 1.36 bits per heavy atom. The Bertz CT molecular complexity index is 2000. The largest absolute Gasteiger partial charge is 0.497 e. The molecule has 0 fully saturated rings. The zero-order valence-corrected chi connectivity index (χ0v) is 28.4. The lowest BCUT2D eigenvalue weighted by Gasteiger charge is -2.12. The zero-order valence-electron chi connectivity index (χ0n) is 26.8. The van der Waals surface area contributed by atoms with Gasteiger partial charge in [-0.3, -0.25) is 8.57 Å². The smallest absolute Gasteiger partial charge is 0.437 e. The van der Waals surface area contributed by atoms with E-state index in [2.05, 4.69) is 14.6 Å². The van der Waals surface area contributed by atoms with Crippen LogP contribution in [0.2, 0.25) is 0 Å². The maximum Gasteiger partial charge on any atom is 0.437 e. The van der Waals surface area contributed by atoms with Crippen LogP contribution in [0.1, 0.15) is 24.5 Å². The Hall–Kier alpha value is -5.29. The van der Waals surface area contributed by atoms with Crippen LogP contribution in [0.15, 0.2) is 117 Å². The Morgan fingerprint density at radius 2 is 0.960 bits per heavy atom. The van der Waals surface area contributed by atoms with E-state index in [1.54, 1.807) is 31.2 Å². The summed E-state index contributed by atoms with van der Waals surface area (Å²) in [6.45, 7) is 2.01. The molecule has 0 aliphatic heterocycles. The third kappa shape index (κ3) is 10.4. The third-order valence-corrected chi connectivity index (χ3v) is 8.93. The van der Waals surface area contributed by atoms with Crippen molar-refractivity contribution in [2.24, 2.45) is 10.3 Å². The van der Waals surface area contributed by atoms with Crippen LogP contribution in [0.4, 0.5) is 13.2 Å². The van der Waals surface area contributed by atoms with E-state index >= 15 is 0 Å². The predicted molar refractivity (Wildman–Crippen MR) is 176 cm³/mol. The van der Waals surface area contributed by atoms with E-state index in [-0.39, 0.29) is 23.9 Å². The molecule has 4 aromatic rings. The highest BCUT2D eigenvalue weighted by Gasteiger charge is 2.38. The highest BCUT2D eigenvalue weighted by atomic mass is 32.2. The Labute approximate surface area is 286 Å². The first-order valence-electron chi connectivity index (χ1n) is 14.5. The van der Waals surface area contributed by atoms with Crippen LogP contribution >= 0.6 is 0 Å². The summed E-state index contributed by atoms with van der Waals surface area (Å²) in [5.74, 6) is 1.62. The van der Waals surface area contributed by atoms with Crippen molar-refractivity contribution in [3.05, 3.63) is 108 Å². The standard InChI is InChI=1S/C33H31F3N2O10S2/c1-23(37-47-49(39,40)30-17-13-26(43-2)14-18-30)24-5-9-28(10-6-24)45-21-4-22-46-29-11-7-25(8-12-29)32(33(34,35)36)38-48-50(41,42)31-19-15-27(44-3)16-20-31/h5-20H,4,21-22H2,1-3H3/b37-23-,38-32+. The minimum Gasteiger partial charge on any atom is -0.497 e. The number of alkyl halides is 3. The molecule has 0 amide bonds. The molecule has 0 N–H and O–H groups in total. The Kier molecular flexibility index (Phi) is 12.3. The van der Waals surface area contributed by atoms with Gasteiger partial charge in [-0.1, -0.05) is 10.3 Å². The van der Waals surface area contributed by atoms with E-state index < -0.39 is 42.6 Å². The molecule has 0 aliphatic carbocycles. The average Bonchev–Trinajstić information content (AvgIpc) is 3.11. The summed E-state index contributed by atoms with van der Waals surface area (Å²) in [7, 11) is -5.92. The molecule has 4 rings (SSSR count). The van der Waals surface area contributed by atoms with Gasteiger partial charge in [-0.2, -0.15) is 30.0 Å². The first-order valence-corrected chi connectivity index (χ1v) is 17.3. The molecular formula is C33H31F3N2O10S2. The topological polar surface area (TPSA) is 148 Å². The van der Waals surface area contributed by atoms with Gasteiger partial charge in [0.15, 0.2) is 5.71 Å². The number of hydrogen-bond acceptors (Lipinski definition) is 12. The van der Waals surface area contributed by atoms with E-state index in [9.17, 15) is 30.0 Å². The number of ether oxygens (including phenoxy) is 4. The molecule has 266 valence electrons. The summed E-state index contributed by atoms with van der Waals surface area (Å²) in [5.41, 5.74) is -1.08. The molecule has 0 atom stereocenters. The fourth-order valence-electron chi connectivity index (χ4n) is 4.02. The van der Waals surface area contributed by atoms with Crippen molar-refractivity contribution < 1.29 is 57.5 Å². The number of methoxy groups -OCH3 is 2. The fourth-order valence-corrected chi connectivity index (χ4v) is 5.52. The third-order valence-electron chi connectivity index (χ3n) is 6.69. The molecule has 0 saturated carbocycles. The number of oxime groups is 2. The number of halogens is 3. The minimum atomic E-state index is -5.02. The van der Waals surface area contributed by atoms with Crippen LogP contribution in [-0.4, -0.2) is 61.9 Å². The summed E-state index contributed by atoms with van der Waals surface area (Å²) in [5, 5.41) is 6.66. The molecule has 0 bridgehead atoms. The molecule has 0 aromatic heterocycles. The number of rotatable bonds is 16. The SMILES string of the molecule is COc1ccc(S(=O)(=O)O/N=C(/C)c2ccc(OCCCOc3ccc(/C(=N\OS(=O)(=O)c4ccc(OC)cc4)C(F)(F)F)cc3)cc2)cc1. The van der Waals surface area contributed by atoms with Gasteiger partial charge in [-0.25, -0.2) is 0 Å². The lowest BCUT2D eigenvalue weighted by Crippen LogP contribution is -2.25. The van der Waals surface area contributed by atoms with Crippen LogP contribution < -0.4 is 18.9 Å². The van der Waals surface area contributed by atoms with E-state index in [1.165, 1.54) is 62.8 Å². The van der Waals surface area contributed by atoms with Crippen LogP contribution in [0.25, 0.3) is 0 Å². The van der Waals surface area contributed by atoms with E-state index in [1.807, 2.05) is 0 Å². The van der Waals surface area contributed by atoms with Gasteiger partial charge in [0.1, 0.15) is 32.8 Å². The fraction of sp³-hybridized carbons (Fsp3) is 0.212. The predicted octanol–water partition coefficient (Wildman–Crippen LogP) is 6.35.